The first kappa shape index (κ1) is 25.2. The van der Waals surface area contributed by atoms with Crippen LogP contribution in [0.1, 0.15) is 47.1 Å². The molecule has 0 saturated heterocycles. The van der Waals surface area contributed by atoms with Gasteiger partial charge in [-0.15, -0.1) is 0 Å². The van der Waals surface area contributed by atoms with Gasteiger partial charge in [0.2, 0.25) is 5.88 Å². The zero-order chi connectivity index (χ0) is 24.8. The first-order valence-corrected chi connectivity index (χ1v) is 11.3. The smallest absolute Gasteiger partial charge is 0.259 e. The van der Waals surface area contributed by atoms with Gasteiger partial charge in [0.15, 0.2) is 0 Å². The van der Waals surface area contributed by atoms with Crippen molar-refractivity contribution in [3.05, 3.63) is 59.3 Å². The van der Waals surface area contributed by atoms with Gasteiger partial charge in [0.1, 0.15) is 17.8 Å². The molecule has 0 unspecified atom stereocenters. The minimum absolute atomic E-state index is 0.132. The van der Waals surface area contributed by atoms with Gasteiger partial charge in [-0.2, -0.15) is 0 Å². The number of aromatic nitrogens is 1. The van der Waals surface area contributed by atoms with Crippen LogP contribution in [0.5, 0.6) is 5.88 Å². The molecular weight excluding hydrogens is 434 g/mol. The zero-order valence-corrected chi connectivity index (χ0v) is 19.9. The fourth-order valence-corrected chi connectivity index (χ4v) is 3.73. The van der Waals surface area contributed by atoms with E-state index < -0.39 is 18.2 Å². The molecule has 34 heavy (non-hydrogen) atoms. The number of hydrogen-bond acceptors (Lipinski definition) is 6. The van der Waals surface area contributed by atoms with E-state index >= 15 is 0 Å². The minimum Gasteiger partial charge on any atom is -0.472 e. The summed E-state index contributed by atoms with van der Waals surface area (Å²) in [4.78, 5) is 33.8. The van der Waals surface area contributed by atoms with Gasteiger partial charge in [0, 0.05) is 36.8 Å². The van der Waals surface area contributed by atoms with Gasteiger partial charge in [0.25, 0.3) is 11.8 Å². The van der Waals surface area contributed by atoms with E-state index in [4.69, 9.17) is 4.74 Å². The van der Waals surface area contributed by atoms with E-state index in [1.165, 1.54) is 6.20 Å². The molecule has 180 valence electrons. The lowest BCUT2D eigenvalue weighted by molar-refractivity contribution is 0.0313. The second kappa shape index (κ2) is 11.1. The molecule has 1 aromatic heterocycles. The molecule has 1 aliphatic rings. The molecule has 1 aliphatic heterocycles. The van der Waals surface area contributed by atoms with Crippen LogP contribution in [0.2, 0.25) is 0 Å². The second-order valence-electron chi connectivity index (χ2n) is 8.70. The van der Waals surface area contributed by atoms with Crippen molar-refractivity contribution < 1.29 is 24.5 Å². The van der Waals surface area contributed by atoms with E-state index in [1.807, 2.05) is 25.1 Å². The first-order valence-electron chi connectivity index (χ1n) is 11.3. The van der Waals surface area contributed by atoms with E-state index in [1.54, 1.807) is 48.9 Å². The normalized spacial score (nSPS) is 19.5. The fourth-order valence-electron chi connectivity index (χ4n) is 3.73. The monoisotopic (exact) mass is 465 g/mol. The third kappa shape index (κ3) is 5.93. The molecule has 0 fully saturated rings. The number of ether oxygens (including phenoxy) is 1. The highest BCUT2D eigenvalue weighted by Gasteiger charge is 2.34. The number of rotatable bonds is 5. The van der Waals surface area contributed by atoms with Crippen molar-refractivity contribution in [1.29, 1.82) is 0 Å². The number of aliphatic hydroxyl groups excluding tert-OH is 2. The lowest BCUT2D eigenvalue weighted by atomic mass is 9.99. The van der Waals surface area contributed by atoms with Crippen LogP contribution in [0.15, 0.2) is 42.6 Å². The highest BCUT2D eigenvalue weighted by Crippen LogP contribution is 2.27. The number of benzene rings is 1. The lowest BCUT2D eigenvalue weighted by Crippen LogP contribution is -2.50. The van der Waals surface area contributed by atoms with Crippen molar-refractivity contribution in [3.8, 4) is 17.7 Å². The van der Waals surface area contributed by atoms with Gasteiger partial charge in [-0.1, -0.05) is 37.0 Å². The maximum atomic E-state index is 13.4. The lowest BCUT2D eigenvalue weighted by Gasteiger charge is -2.37. The third-order valence-corrected chi connectivity index (χ3v) is 5.77. The summed E-state index contributed by atoms with van der Waals surface area (Å²) in [6, 6.07) is 10.2. The van der Waals surface area contributed by atoms with Crippen LogP contribution in [0.25, 0.3) is 0 Å². The highest BCUT2D eigenvalue weighted by atomic mass is 16.5. The minimum atomic E-state index is -0.817. The van der Waals surface area contributed by atoms with Gasteiger partial charge < -0.3 is 24.7 Å². The predicted molar refractivity (Wildman–Crippen MR) is 127 cm³/mol. The molecule has 0 spiro atoms. The van der Waals surface area contributed by atoms with Crippen LogP contribution < -0.4 is 4.74 Å². The molecule has 0 bridgehead atoms. The molecule has 2 heterocycles. The van der Waals surface area contributed by atoms with Gasteiger partial charge in [-0.25, -0.2) is 4.98 Å². The molecule has 2 N–H and O–H groups in total. The van der Waals surface area contributed by atoms with Crippen molar-refractivity contribution in [2.45, 2.75) is 39.0 Å². The third-order valence-electron chi connectivity index (χ3n) is 5.77. The maximum Gasteiger partial charge on any atom is 0.259 e. The van der Waals surface area contributed by atoms with Crippen molar-refractivity contribution in [1.82, 2.24) is 14.8 Å². The average Bonchev–Trinajstić information content (AvgIpc) is 2.84. The molecule has 1 aromatic carbocycles. The Hall–Kier alpha value is -3.41. The summed E-state index contributed by atoms with van der Waals surface area (Å²) in [5.74, 6) is 5.00. The summed E-state index contributed by atoms with van der Waals surface area (Å²) in [7, 11) is 1.71. The van der Waals surface area contributed by atoms with Gasteiger partial charge in [-0.05, 0) is 32.0 Å². The second-order valence-corrected chi connectivity index (χ2v) is 8.70. The summed E-state index contributed by atoms with van der Waals surface area (Å²) in [6.07, 6.45) is 0.228. The van der Waals surface area contributed by atoms with Gasteiger partial charge >= 0.3 is 0 Å². The Morgan fingerprint density at radius 2 is 2.03 bits per heavy atom. The molecule has 3 rings (SSSR count). The van der Waals surface area contributed by atoms with Crippen molar-refractivity contribution in [3.63, 3.8) is 0 Å². The number of hydrogen-bond donors (Lipinski definition) is 2. The Bertz CT molecular complexity index is 1080. The van der Waals surface area contributed by atoms with E-state index in [2.05, 4.69) is 16.8 Å². The van der Waals surface area contributed by atoms with Crippen LogP contribution in [0.3, 0.4) is 0 Å². The standard InChI is InChI=1S/C26H31N3O5/c1-17-14-29(18(2)16-30)26(33)22-12-20(11-10-19(3)31)13-27-24(22)34-23(17)15-28(4)25(32)21-8-6-5-7-9-21/h5-9,12-13,17-19,23,30-31H,14-16H2,1-4H3/t17-,18-,19+,23-/m0/s1. The largest absolute Gasteiger partial charge is 0.472 e. The Labute approximate surface area is 200 Å². The quantitative estimate of drug-likeness (QED) is 0.653. The Morgan fingerprint density at radius 3 is 2.68 bits per heavy atom. The van der Waals surface area contributed by atoms with Gasteiger partial charge in [-0.3, -0.25) is 9.59 Å². The molecule has 8 heteroatoms. The molecule has 0 saturated carbocycles. The molecule has 0 aliphatic carbocycles. The molecule has 2 aromatic rings. The number of pyridine rings is 1. The predicted octanol–water partition coefficient (Wildman–Crippen LogP) is 1.81. The topological polar surface area (TPSA) is 103 Å². The average molecular weight is 466 g/mol. The Kier molecular flexibility index (Phi) is 8.26. The van der Waals surface area contributed by atoms with Crippen LogP contribution in [0, 0.1) is 17.8 Å². The number of likely N-dealkylation sites (N-methyl/N-ethyl adjacent to an activating group) is 1. The van der Waals surface area contributed by atoms with Crippen LogP contribution in [-0.4, -0.2) is 81.8 Å². The van der Waals surface area contributed by atoms with Crippen LogP contribution in [-0.2, 0) is 0 Å². The maximum absolute atomic E-state index is 13.4. The molecular formula is C26H31N3O5. The van der Waals surface area contributed by atoms with Crippen LogP contribution in [0.4, 0.5) is 0 Å². The summed E-state index contributed by atoms with van der Waals surface area (Å²) in [5, 5.41) is 19.2. The number of carbonyl (C=O) groups excluding carboxylic acids is 2. The fraction of sp³-hybridized carbons (Fsp3) is 0.423. The SMILES string of the molecule is C[C@@H](O)C#Cc1cnc2c(c1)C(=O)N([C@@H](C)CO)C[C@H](C)[C@H](CN(C)C(=O)c1ccccc1)O2. The van der Waals surface area contributed by atoms with Crippen molar-refractivity contribution in [2.75, 3.05) is 26.7 Å². The number of amides is 2. The Morgan fingerprint density at radius 1 is 1.32 bits per heavy atom. The molecule has 4 atom stereocenters. The van der Waals surface area contributed by atoms with Gasteiger partial charge in [0.05, 0.1) is 19.2 Å². The summed E-state index contributed by atoms with van der Waals surface area (Å²) < 4.78 is 6.21. The number of fused-ring (bicyclic) bond motifs is 1. The molecule has 8 nitrogen and oxygen atoms in total. The van der Waals surface area contributed by atoms with E-state index in [0.717, 1.165) is 0 Å². The van der Waals surface area contributed by atoms with Crippen molar-refractivity contribution >= 4 is 11.8 Å². The van der Waals surface area contributed by atoms with E-state index in [9.17, 15) is 19.8 Å². The summed E-state index contributed by atoms with van der Waals surface area (Å²) >= 11 is 0. The number of carbonyl (C=O) groups is 2. The molecule has 0 radical (unpaired) electrons. The highest BCUT2D eigenvalue weighted by molar-refractivity contribution is 5.97. The van der Waals surface area contributed by atoms with E-state index in [-0.39, 0.29) is 42.3 Å². The summed E-state index contributed by atoms with van der Waals surface area (Å²) in [5.41, 5.74) is 1.27. The summed E-state index contributed by atoms with van der Waals surface area (Å²) in [6.45, 7) is 5.70. The Balaban J connectivity index is 1.95. The first-order chi connectivity index (χ1) is 16.2. The van der Waals surface area contributed by atoms with Crippen molar-refractivity contribution in [2.24, 2.45) is 5.92 Å². The zero-order valence-electron chi connectivity index (χ0n) is 19.9. The number of aliphatic hydroxyl groups is 2. The molecule has 2 amide bonds. The number of nitrogens with zero attached hydrogens (tertiary/aromatic N) is 3. The van der Waals surface area contributed by atoms with E-state index in [0.29, 0.717) is 17.7 Å². The van der Waals surface area contributed by atoms with Crippen LogP contribution >= 0.6 is 0 Å².